The van der Waals surface area contributed by atoms with Gasteiger partial charge < -0.3 is 10.6 Å². The molecule has 0 radical (unpaired) electrons. The molecule has 1 aromatic heterocycles. The molecule has 0 aliphatic rings. The SMILES string of the molecule is CCCNc1cccc(C(=O)NC(C)(C)CCC)n1. The third-order valence-electron chi connectivity index (χ3n) is 2.86. The molecule has 0 aromatic carbocycles. The van der Waals surface area contributed by atoms with Crippen LogP contribution in [0.25, 0.3) is 0 Å². The molecule has 106 valence electrons. The van der Waals surface area contributed by atoms with E-state index < -0.39 is 0 Å². The van der Waals surface area contributed by atoms with Gasteiger partial charge >= 0.3 is 0 Å². The third kappa shape index (κ3) is 5.28. The van der Waals surface area contributed by atoms with Gasteiger partial charge in [-0.05, 0) is 38.8 Å². The molecule has 0 aliphatic carbocycles. The highest BCUT2D eigenvalue weighted by Gasteiger charge is 2.20. The molecule has 0 saturated heterocycles. The molecule has 1 aromatic rings. The fourth-order valence-corrected chi connectivity index (χ4v) is 1.97. The second kappa shape index (κ2) is 7.12. The highest BCUT2D eigenvalue weighted by Crippen LogP contribution is 2.12. The van der Waals surface area contributed by atoms with Gasteiger partial charge in [0.2, 0.25) is 0 Å². The van der Waals surface area contributed by atoms with E-state index in [1.807, 2.05) is 26.0 Å². The lowest BCUT2D eigenvalue weighted by atomic mass is 9.99. The molecule has 19 heavy (non-hydrogen) atoms. The minimum Gasteiger partial charge on any atom is -0.370 e. The van der Waals surface area contributed by atoms with Crippen molar-refractivity contribution < 1.29 is 4.79 Å². The Labute approximate surface area is 116 Å². The number of pyridine rings is 1. The molecule has 0 fully saturated rings. The van der Waals surface area contributed by atoms with Crippen molar-refractivity contribution in [3.05, 3.63) is 23.9 Å². The van der Waals surface area contributed by atoms with Gasteiger partial charge in [-0.15, -0.1) is 0 Å². The van der Waals surface area contributed by atoms with E-state index in [-0.39, 0.29) is 11.4 Å². The van der Waals surface area contributed by atoms with Crippen LogP contribution in [-0.4, -0.2) is 23.0 Å². The van der Waals surface area contributed by atoms with Crippen LogP contribution in [0.3, 0.4) is 0 Å². The van der Waals surface area contributed by atoms with Crippen molar-refractivity contribution in [2.24, 2.45) is 0 Å². The lowest BCUT2D eigenvalue weighted by Crippen LogP contribution is -2.43. The summed E-state index contributed by atoms with van der Waals surface area (Å²) in [6, 6.07) is 5.48. The van der Waals surface area contributed by atoms with Gasteiger partial charge in [0.05, 0.1) is 0 Å². The van der Waals surface area contributed by atoms with Crippen molar-refractivity contribution in [3.8, 4) is 0 Å². The highest BCUT2D eigenvalue weighted by molar-refractivity contribution is 5.93. The van der Waals surface area contributed by atoms with E-state index in [1.54, 1.807) is 6.07 Å². The number of amides is 1. The van der Waals surface area contributed by atoms with E-state index in [4.69, 9.17) is 0 Å². The van der Waals surface area contributed by atoms with Gasteiger partial charge in [-0.1, -0.05) is 26.3 Å². The number of hydrogen-bond acceptors (Lipinski definition) is 3. The monoisotopic (exact) mass is 263 g/mol. The van der Waals surface area contributed by atoms with Gasteiger partial charge in [0.1, 0.15) is 11.5 Å². The Hall–Kier alpha value is -1.58. The lowest BCUT2D eigenvalue weighted by molar-refractivity contribution is 0.0904. The molecular weight excluding hydrogens is 238 g/mol. The zero-order valence-electron chi connectivity index (χ0n) is 12.4. The Morgan fingerprint density at radius 2 is 2.00 bits per heavy atom. The van der Waals surface area contributed by atoms with Crippen molar-refractivity contribution in [2.45, 2.75) is 52.5 Å². The van der Waals surface area contributed by atoms with E-state index in [0.29, 0.717) is 5.69 Å². The Balaban J connectivity index is 2.71. The first-order chi connectivity index (χ1) is 8.98. The van der Waals surface area contributed by atoms with Gasteiger partial charge in [0.15, 0.2) is 0 Å². The maximum atomic E-state index is 12.2. The molecule has 0 bridgehead atoms. The average Bonchev–Trinajstić information content (AvgIpc) is 2.36. The summed E-state index contributed by atoms with van der Waals surface area (Å²) < 4.78 is 0. The highest BCUT2D eigenvalue weighted by atomic mass is 16.2. The first-order valence-corrected chi connectivity index (χ1v) is 7.02. The van der Waals surface area contributed by atoms with Crippen molar-refractivity contribution in [1.82, 2.24) is 10.3 Å². The van der Waals surface area contributed by atoms with Gasteiger partial charge in [0.25, 0.3) is 5.91 Å². The topological polar surface area (TPSA) is 54.0 Å². The molecule has 0 saturated carbocycles. The predicted molar refractivity (Wildman–Crippen MR) is 79.5 cm³/mol. The van der Waals surface area contributed by atoms with Crippen LogP contribution in [0.1, 0.15) is 57.4 Å². The summed E-state index contributed by atoms with van der Waals surface area (Å²) in [6.45, 7) is 9.14. The van der Waals surface area contributed by atoms with E-state index in [2.05, 4.69) is 29.5 Å². The summed E-state index contributed by atoms with van der Waals surface area (Å²) in [4.78, 5) is 16.5. The van der Waals surface area contributed by atoms with Crippen LogP contribution in [0.15, 0.2) is 18.2 Å². The Morgan fingerprint density at radius 1 is 1.26 bits per heavy atom. The number of carbonyl (C=O) groups excluding carboxylic acids is 1. The maximum Gasteiger partial charge on any atom is 0.270 e. The number of nitrogens with one attached hydrogen (secondary N) is 2. The molecular formula is C15H25N3O. The molecule has 0 aliphatic heterocycles. The fraction of sp³-hybridized carbons (Fsp3) is 0.600. The molecule has 1 rings (SSSR count). The predicted octanol–water partition coefficient (Wildman–Crippen LogP) is 3.21. The van der Waals surface area contributed by atoms with Gasteiger partial charge in [0, 0.05) is 12.1 Å². The molecule has 2 N–H and O–H groups in total. The Morgan fingerprint density at radius 3 is 2.63 bits per heavy atom. The summed E-state index contributed by atoms with van der Waals surface area (Å²) in [5, 5.41) is 6.21. The van der Waals surface area contributed by atoms with Crippen LogP contribution in [-0.2, 0) is 0 Å². The quantitative estimate of drug-likeness (QED) is 0.794. The van der Waals surface area contributed by atoms with Crippen LogP contribution >= 0.6 is 0 Å². The number of hydrogen-bond donors (Lipinski definition) is 2. The summed E-state index contributed by atoms with van der Waals surface area (Å²) in [7, 11) is 0. The summed E-state index contributed by atoms with van der Waals surface area (Å²) in [6.07, 6.45) is 3.02. The van der Waals surface area contributed by atoms with Crippen molar-refractivity contribution in [2.75, 3.05) is 11.9 Å². The maximum absolute atomic E-state index is 12.2. The van der Waals surface area contributed by atoms with E-state index >= 15 is 0 Å². The van der Waals surface area contributed by atoms with Crippen LogP contribution in [0.5, 0.6) is 0 Å². The average molecular weight is 263 g/mol. The van der Waals surface area contributed by atoms with Gasteiger partial charge in [-0.3, -0.25) is 4.79 Å². The Kier molecular flexibility index (Phi) is 5.80. The molecule has 4 heteroatoms. The smallest absolute Gasteiger partial charge is 0.270 e. The fourth-order valence-electron chi connectivity index (χ4n) is 1.97. The number of rotatable bonds is 7. The molecule has 4 nitrogen and oxygen atoms in total. The summed E-state index contributed by atoms with van der Waals surface area (Å²) >= 11 is 0. The minimum atomic E-state index is -0.194. The zero-order chi connectivity index (χ0) is 14.3. The number of anilines is 1. The summed E-state index contributed by atoms with van der Waals surface area (Å²) in [5.41, 5.74) is 0.269. The number of nitrogens with zero attached hydrogens (tertiary/aromatic N) is 1. The first kappa shape index (κ1) is 15.5. The Bertz CT molecular complexity index is 416. The molecule has 1 heterocycles. The zero-order valence-corrected chi connectivity index (χ0v) is 12.4. The number of carbonyl (C=O) groups is 1. The largest absolute Gasteiger partial charge is 0.370 e. The van der Waals surface area contributed by atoms with E-state index in [1.165, 1.54) is 0 Å². The van der Waals surface area contributed by atoms with Crippen LogP contribution < -0.4 is 10.6 Å². The van der Waals surface area contributed by atoms with Crippen LogP contribution in [0.4, 0.5) is 5.82 Å². The lowest BCUT2D eigenvalue weighted by Gasteiger charge is -2.25. The molecule has 0 atom stereocenters. The second-order valence-electron chi connectivity index (χ2n) is 5.42. The second-order valence-corrected chi connectivity index (χ2v) is 5.42. The first-order valence-electron chi connectivity index (χ1n) is 7.02. The third-order valence-corrected chi connectivity index (χ3v) is 2.86. The molecule has 0 spiro atoms. The number of aromatic nitrogens is 1. The van der Waals surface area contributed by atoms with Gasteiger partial charge in [-0.2, -0.15) is 0 Å². The molecule has 0 unspecified atom stereocenters. The van der Waals surface area contributed by atoms with E-state index in [0.717, 1.165) is 31.6 Å². The van der Waals surface area contributed by atoms with Crippen molar-refractivity contribution in [1.29, 1.82) is 0 Å². The van der Waals surface area contributed by atoms with Crippen molar-refractivity contribution >= 4 is 11.7 Å². The normalized spacial score (nSPS) is 11.2. The minimum absolute atomic E-state index is 0.112. The van der Waals surface area contributed by atoms with Crippen LogP contribution in [0, 0.1) is 0 Å². The van der Waals surface area contributed by atoms with E-state index in [9.17, 15) is 4.79 Å². The summed E-state index contributed by atoms with van der Waals surface area (Å²) in [5.74, 6) is 0.640. The standard InChI is InChI=1S/C15H25N3O/c1-5-10-15(3,4)18-14(19)12-8-7-9-13(17-12)16-11-6-2/h7-9H,5-6,10-11H2,1-4H3,(H,16,17)(H,18,19). The van der Waals surface area contributed by atoms with Crippen molar-refractivity contribution in [3.63, 3.8) is 0 Å². The van der Waals surface area contributed by atoms with Gasteiger partial charge in [-0.25, -0.2) is 4.98 Å². The van der Waals surface area contributed by atoms with Crippen LogP contribution in [0.2, 0.25) is 0 Å². The molecule has 1 amide bonds.